The van der Waals surface area contributed by atoms with Gasteiger partial charge in [-0.25, -0.2) is 0 Å². The fraction of sp³-hybridized carbons (Fsp3) is 0. The van der Waals surface area contributed by atoms with Gasteiger partial charge in [-0.1, -0.05) is 200 Å². The summed E-state index contributed by atoms with van der Waals surface area (Å²) in [5.74, 6) is 0. The molecule has 0 aliphatic carbocycles. The van der Waals surface area contributed by atoms with Crippen LogP contribution in [0, 0.1) is 0 Å². The molecule has 3 nitrogen and oxygen atoms in total. The summed E-state index contributed by atoms with van der Waals surface area (Å²) in [6.45, 7) is 0. The van der Waals surface area contributed by atoms with E-state index >= 15 is 0 Å². The lowest BCUT2D eigenvalue weighted by molar-refractivity contribution is 1.16. The first kappa shape index (κ1) is 40.1. The molecule has 0 N–H and O–H groups in total. The molecule has 0 bridgehead atoms. The number of nitrogens with zero attached hydrogens (tertiary/aromatic N) is 3. The van der Waals surface area contributed by atoms with Crippen LogP contribution in [0.2, 0.25) is 0 Å². The molecule has 70 heavy (non-hydrogen) atoms. The normalized spacial score (nSPS) is 12.0. The van der Waals surface area contributed by atoms with E-state index in [0.717, 1.165) is 17.1 Å². The number of aromatic nitrogens is 3. The summed E-state index contributed by atoms with van der Waals surface area (Å²) in [7, 11) is -2.69. The van der Waals surface area contributed by atoms with E-state index in [1.165, 1.54) is 97.3 Å². The molecular formula is C66H45N3Si. The average molecular weight is 908 g/mol. The van der Waals surface area contributed by atoms with Gasteiger partial charge in [0.15, 0.2) is 8.07 Å². The van der Waals surface area contributed by atoms with Crippen molar-refractivity contribution in [2.24, 2.45) is 0 Å². The lowest BCUT2D eigenvalue weighted by Gasteiger charge is -2.34. The number of benzene rings is 11. The maximum atomic E-state index is 2.46. The quantitative estimate of drug-likeness (QED) is 0.107. The minimum atomic E-state index is -2.69. The van der Waals surface area contributed by atoms with Gasteiger partial charge >= 0.3 is 0 Å². The van der Waals surface area contributed by atoms with Crippen LogP contribution in [0.1, 0.15) is 0 Å². The molecule has 0 atom stereocenters. The molecule has 3 aromatic heterocycles. The molecule has 0 amide bonds. The molecule has 328 valence electrons. The van der Waals surface area contributed by atoms with Crippen molar-refractivity contribution in [1.82, 2.24) is 13.7 Å². The van der Waals surface area contributed by atoms with Crippen LogP contribution >= 0.6 is 0 Å². The van der Waals surface area contributed by atoms with Crippen molar-refractivity contribution in [3.05, 3.63) is 273 Å². The van der Waals surface area contributed by atoms with Gasteiger partial charge in [-0.3, -0.25) is 0 Å². The molecule has 0 aliphatic rings. The molecule has 14 aromatic rings. The molecular weight excluding hydrogens is 863 g/mol. The second kappa shape index (κ2) is 16.1. The SMILES string of the molecule is c1ccc(-n2c3ccccc3c3ccc(-c4ccc5c(c4)c4ccccc4n5-c4ccc5c6ccccc6n(-c6ccc([Si](c7ccccc7)(c7ccccc7)c7ccccc7)cc6)c5c4)cc32)cc1. The highest BCUT2D eigenvalue weighted by atomic mass is 28.3. The summed E-state index contributed by atoms with van der Waals surface area (Å²) >= 11 is 0. The van der Waals surface area contributed by atoms with E-state index in [4.69, 9.17) is 0 Å². The number of rotatable bonds is 8. The van der Waals surface area contributed by atoms with E-state index in [9.17, 15) is 0 Å². The van der Waals surface area contributed by atoms with Crippen molar-refractivity contribution in [2.45, 2.75) is 0 Å². The molecule has 0 unspecified atom stereocenters. The summed E-state index contributed by atoms with van der Waals surface area (Å²) in [4.78, 5) is 0. The van der Waals surface area contributed by atoms with E-state index in [-0.39, 0.29) is 0 Å². The van der Waals surface area contributed by atoms with Crippen LogP contribution in [0.15, 0.2) is 273 Å². The van der Waals surface area contributed by atoms with E-state index in [1.807, 2.05) is 0 Å². The van der Waals surface area contributed by atoms with Crippen LogP contribution < -0.4 is 20.7 Å². The van der Waals surface area contributed by atoms with E-state index in [0.29, 0.717) is 0 Å². The van der Waals surface area contributed by atoms with Crippen LogP contribution in [-0.2, 0) is 0 Å². The lowest BCUT2D eigenvalue weighted by atomic mass is 10.0. The van der Waals surface area contributed by atoms with Crippen molar-refractivity contribution in [3.8, 4) is 28.2 Å². The van der Waals surface area contributed by atoms with Crippen LogP contribution in [0.5, 0.6) is 0 Å². The van der Waals surface area contributed by atoms with Gasteiger partial charge in [-0.15, -0.1) is 0 Å². The molecule has 4 heteroatoms. The van der Waals surface area contributed by atoms with Gasteiger partial charge in [0, 0.05) is 49.4 Å². The van der Waals surface area contributed by atoms with Crippen LogP contribution in [0.25, 0.3) is 93.6 Å². The number of hydrogen-bond acceptors (Lipinski definition) is 0. The van der Waals surface area contributed by atoms with Crippen molar-refractivity contribution in [3.63, 3.8) is 0 Å². The van der Waals surface area contributed by atoms with Gasteiger partial charge < -0.3 is 13.7 Å². The third-order valence-electron chi connectivity index (χ3n) is 14.8. The van der Waals surface area contributed by atoms with Crippen LogP contribution in [-0.4, -0.2) is 21.8 Å². The zero-order valence-corrected chi connectivity index (χ0v) is 39.3. The lowest BCUT2D eigenvalue weighted by Crippen LogP contribution is -2.74. The molecule has 0 radical (unpaired) electrons. The first-order chi connectivity index (χ1) is 34.7. The Bertz CT molecular complexity index is 4170. The number of para-hydroxylation sites is 4. The Morgan fingerprint density at radius 3 is 1.09 bits per heavy atom. The zero-order chi connectivity index (χ0) is 46.2. The van der Waals surface area contributed by atoms with Crippen molar-refractivity contribution < 1.29 is 0 Å². The second-order valence-corrected chi connectivity index (χ2v) is 22.3. The Balaban J connectivity index is 0.925. The predicted molar refractivity (Wildman–Crippen MR) is 299 cm³/mol. The topological polar surface area (TPSA) is 14.8 Å². The highest BCUT2D eigenvalue weighted by molar-refractivity contribution is 7.19. The minimum absolute atomic E-state index is 1.13. The molecule has 14 rings (SSSR count). The monoisotopic (exact) mass is 907 g/mol. The van der Waals surface area contributed by atoms with Crippen molar-refractivity contribution in [1.29, 1.82) is 0 Å². The smallest absolute Gasteiger partial charge is 0.179 e. The van der Waals surface area contributed by atoms with Gasteiger partial charge in [-0.2, -0.15) is 0 Å². The molecule has 0 aliphatic heterocycles. The maximum absolute atomic E-state index is 2.69. The zero-order valence-electron chi connectivity index (χ0n) is 38.3. The van der Waals surface area contributed by atoms with E-state index in [2.05, 4.69) is 287 Å². The first-order valence-electron chi connectivity index (χ1n) is 24.2. The van der Waals surface area contributed by atoms with E-state index < -0.39 is 8.07 Å². The second-order valence-electron chi connectivity index (χ2n) is 18.5. The molecule has 0 saturated carbocycles. The number of fused-ring (bicyclic) bond motifs is 9. The van der Waals surface area contributed by atoms with Gasteiger partial charge in [-0.05, 0) is 105 Å². The van der Waals surface area contributed by atoms with Gasteiger partial charge in [0.2, 0.25) is 0 Å². The van der Waals surface area contributed by atoms with Gasteiger partial charge in [0.25, 0.3) is 0 Å². The minimum Gasteiger partial charge on any atom is -0.309 e. The van der Waals surface area contributed by atoms with Crippen molar-refractivity contribution >= 4 is 94.2 Å². The van der Waals surface area contributed by atoms with Crippen LogP contribution in [0.4, 0.5) is 0 Å². The van der Waals surface area contributed by atoms with Gasteiger partial charge in [0.1, 0.15) is 0 Å². The summed E-state index contributed by atoms with van der Waals surface area (Å²) in [5.41, 5.74) is 13.0. The Morgan fingerprint density at radius 1 is 0.200 bits per heavy atom. The summed E-state index contributed by atoms with van der Waals surface area (Å²) in [6.07, 6.45) is 0. The maximum Gasteiger partial charge on any atom is 0.179 e. The highest BCUT2D eigenvalue weighted by Gasteiger charge is 2.41. The molecule has 3 heterocycles. The standard InChI is InChI=1S/C66H45N3Si/c1-5-19-48(20-6-1)67-61-30-16-13-27-55(61)58-40-33-47(44-65(58)67)46-34-42-64-60(43-46)57-29-15-18-32-63(57)69(64)50-37-41-59-56-28-14-17-31-62(56)68(66(59)45-50)49-35-38-54(39-36-49)70(51-21-7-2-8-22-51,52-23-9-3-10-24-52)53-25-11-4-12-26-53/h1-45H. The Labute approximate surface area is 407 Å². The average Bonchev–Trinajstić information content (AvgIpc) is 4.07. The Kier molecular flexibility index (Phi) is 9.23. The third kappa shape index (κ3) is 6.07. The predicted octanol–water partition coefficient (Wildman–Crippen LogP) is 14.0. The fourth-order valence-electron chi connectivity index (χ4n) is 11.7. The summed E-state index contributed by atoms with van der Waals surface area (Å²) in [5, 5.41) is 12.9. The Hall–Kier alpha value is -8.96. The molecule has 0 fully saturated rings. The highest BCUT2D eigenvalue weighted by Crippen LogP contribution is 2.40. The molecule has 0 saturated heterocycles. The number of hydrogen-bond donors (Lipinski definition) is 0. The molecule has 11 aromatic carbocycles. The molecule has 0 spiro atoms. The fourth-order valence-corrected chi connectivity index (χ4v) is 16.5. The summed E-state index contributed by atoms with van der Waals surface area (Å²) < 4.78 is 7.32. The van der Waals surface area contributed by atoms with E-state index in [1.54, 1.807) is 0 Å². The van der Waals surface area contributed by atoms with Crippen molar-refractivity contribution in [2.75, 3.05) is 0 Å². The van der Waals surface area contributed by atoms with Crippen LogP contribution in [0.3, 0.4) is 0 Å². The largest absolute Gasteiger partial charge is 0.309 e. The van der Waals surface area contributed by atoms with Gasteiger partial charge in [0.05, 0.1) is 33.1 Å². The first-order valence-corrected chi connectivity index (χ1v) is 26.2. The third-order valence-corrected chi connectivity index (χ3v) is 19.6. The Morgan fingerprint density at radius 2 is 0.543 bits per heavy atom. The summed E-state index contributed by atoms with van der Waals surface area (Å²) in [6, 6.07) is 101.